The van der Waals surface area contributed by atoms with E-state index in [4.69, 9.17) is 4.74 Å². The fourth-order valence-electron chi connectivity index (χ4n) is 3.10. The average molecular weight is 391 g/mol. The van der Waals surface area contributed by atoms with E-state index in [-0.39, 0.29) is 19.6 Å². The van der Waals surface area contributed by atoms with Crippen LogP contribution in [0.3, 0.4) is 0 Å². The van der Waals surface area contributed by atoms with Crippen molar-refractivity contribution in [2.75, 3.05) is 6.54 Å². The first-order valence-electron chi connectivity index (χ1n) is 9.60. The Morgan fingerprint density at radius 1 is 0.862 bits per heavy atom. The number of amides is 1. The molecule has 3 N–H and O–H groups in total. The molecule has 2 unspecified atom stereocenters. The first kappa shape index (κ1) is 20.6. The number of carbonyl (C=O) groups is 1. The highest BCUT2D eigenvalue weighted by Crippen LogP contribution is 2.30. The molecule has 3 aromatic carbocycles. The van der Waals surface area contributed by atoms with Crippen molar-refractivity contribution in [3.8, 4) is 11.1 Å². The quantitative estimate of drug-likeness (QED) is 0.541. The van der Waals surface area contributed by atoms with Gasteiger partial charge in [-0.2, -0.15) is 0 Å². The van der Waals surface area contributed by atoms with Gasteiger partial charge >= 0.3 is 6.09 Å². The number of carbonyl (C=O) groups excluding carboxylic acids is 1. The predicted octanol–water partition coefficient (Wildman–Crippen LogP) is 4.06. The van der Waals surface area contributed by atoms with Crippen LogP contribution in [0.1, 0.15) is 23.7 Å². The van der Waals surface area contributed by atoms with Crippen LogP contribution in [0.25, 0.3) is 11.1 Å². The second-order valence-electron chi connectivity index (χ2n) is 6.74. The number of nitrogens with one attached hydrogen (secondary N) is 1. The number of alkyl carbamates (subject to hydrolysis) is 1. The standard InChI is InChI=1S/C24H25NO4/c26-22(15-16-25-24(28)29-17-18-9-3-1-4-10-18)23(27)21-14-8-7-13-20(21)19-11-5-2-6-12-19/h1-14,22-23,26-27H,15-17H2,(H,25,28). The van der Waals surface area contributed by atoms with Crippen LogP contribution < -0.4 is 5.32 Å². The molecule has 0 bridgehead atoms. The summed E-state index contributed by atoms with van der Waals surface area (Å²) >= 11 is 0. The van der Waals surface area contributed by atoms with E-state index in [2.05, 4.69) is 5.32 Å². The molecule has 2 atom stereocenters. The minimum Gasteiger partial charge on any atom is -0.445 e. The Kier molecular flexibility index (Phi) is 7.39. The second-order valence-corrected chi connectivity index (χ2v) is 6.74. The fraction of sp³-hybridized carbons (Fsp3) is 0.208. The van der Waals surface area contributed by atoms with Crippen LogP contribution in [-0.4, -0.2) is 29.0 Å². The second kappa shape index (κ2) is 10.4. The molecule has 1 amide bonds. The highest BCUT2D eigenvalue weighted by Gasteiger charge is 2.21. The molecule has 0 saturated heterocycles. The third-order valence-corrected chi connectivity index (χ3v) is 4.65. The Labute approximate surface area is 170 Å². The zero-order valence-electron chi connectivity index (χ0n) is 16.1. The maximum Gasteiger partial charge on any atom is 0.407 e. The molecule has 3 rings (SSSR count). The maximum absolute atomic E-state index is 11.8. The normalized spacial score (nSPS) is 12.8. The van der Waals surface area contributed by atoms with Crippen molar-refractivity contribution in [1.82, 2.24) is 5.32 Å². The molecule has 0 heterocycles. The van der Waals surface area contributed by atoms with Gasteiger partial charge in [0, 0.05) is 6.54 Å². The van der Waals surface area contributed by atoms with Crippen molar-refractivity contribution in [2.45, 2.75) is 25.2 Å². The molecule has 0 spiro atoms. The van der Waals surface area contributed by atoms with E-state index < -0.39 is 18.3 Å². The van der Waals surface area contributed by atoms with Gasteiger partial charge in [0.15, 0.2) is 0 Å². The summed E-state index contributed by atoms with van der Waals surface area (Å²) in [6.45, 7) is 0.377. The van der Waals surface area contributed by atoms with Crippen molar-refractivity contribution < 1.29 is 19.7 Å². The summed E-state index contributed by atoms with van der Waals surface area (Å²) in [5, 5.41) is 23.7. The molecule has 5 heteroatoms. The van der Waals surface area contributed by atoms with Crippen molar-refractivity contribution in [2.24, 2.45) is 0 Å². The Morgan fingerprint density at radius 2 is 1.48 bits per heavy atom. The van der Waals surface area contributed by atoms with Crippen LogP contribution in [0.2, 0.25) is 0 Å². The Balaban J connectivity index is 1.51. The first-order chi connectivity index (χ1) is 14.1. The molecule has 3 aromatic rings. The van der Waals surface area contributed by atoms with Crippen molar-refractivity contribution in [3.63, 3.8) is 0 Å². The number of benzene rings is 3. The smallest absolute Gasteiger partial charge is 0.407 e. The molecule has 0 radical (unpaired) electrons. The van der Waals surface area contributed by atoms with Gasteiger partial charge in [-0.1, -0.05) is 84.9 Å². The SMILES string of the molecule is O=C(NCCC(O)C(O)c1ccccc1-c1ccccc1)OCc1ccccc1. The van der Waals surface area contributed by atoms with Gasteiger partial charge in [-0.3, -0.25) is 0 Å². The molecular formula is C24H25NO4. The Morgan fingerprint density at radius 3 is 2.21 bits per heavy atom. The van der Waals surface area contributed by atoms with E-state index in [1.165, 1.54) is 0 Å². The summed E-state index contributed by atoms with van der Waals surface area (Å²) in [6, 6.07) is 26.6. The molecule has 0 aliphatic heterocycles. The predicted molar refractivity (Wildman–Crippen MR) is 112 cm³/mol. The number of hydrogen-bond acceptors (Lipinski definition) is 4. The summed E-state index contributed by atoms with van der Waals surface area (Å²) in [4.78, 5) is 11.8. The Hall–Kier alpha value is -3.15. The van der Waals surface area contributed by atoms with Crippen LogP contribution >= 0.6 is 0 Å². The third-order valence-electron chi connectivity index (χ3n) is 4.65. The highest BCUT2D eigenvalue weighted by molar-refractivity contribution is 5.68. The Bertz CT molecular complexity index is 899. The number of ether oxygens (including phenoxy) is 1. The van der Waals surface area contributed by atoms with E-state index in [1.54, 1.807) is 6.07 Å². The van der Waals surface area contributed by atoms with Gasteiger partial charge in [0.05, 0.1) is 6.10 Å². The zero-order valence-corrected chi connectivity index (χ0v) is 16.1. The molecule has 0 aliphatic rings. The third kappa shape index (κ3) is 5.91. The summed E-state index contributed by atoms with van der Waals surface area (Å²) < 4.78 is 5.14. The molecule has 0 fully saturated rings. The molecule has 0 aliphatic carbocycles. The first-order valence-corrected chi connectivity index (χ1v) is 9.60. The van der Waals surface area contributed by atoms with Gasteiger partial charge in [0.2, 0.25) is 0 Å². The molecule has 29 heavy (non-hydrogen) atoms. The topological polar surface area (TPSA) is 78.8 Å². The van der Waals surface area contributed by atoms with Gasteiger partial charge in [0.1, 0.15) is 12.7 Å². The van der Waals surface area contributed by atoms with E-state index in [9.17, 15) is 15.0 Å². The van der Waals surface area contributed by atoms with Gasteiger partial charge < -0.3 is 20.3 Å². The van der Waals surface area contributed by atoms with Crippen molar-refractivity contribution >= 4 is 6.09 Å². The lowest BCUT2D eigenvalue weighted by molar-refractivity contribution is 0.0139. The average Bonchev–Trinajstić information content (AvgIpc) is 2.78. The van der Waals surface area contributed by atoms with Gasteiger partial charge in [-0.05, 0) is 28.7 Å². The van der Waals surface area contributed by atoms with Gasteiger partial charge in [-0.25, -0.2) is 4.79 Å². The van der Waals surface area contributed by atoms with Crippen LogP contribution in [-0.2, 0) is 11.3 Å². The molecule has 150 valence electrons. The van der Waals surface area contributed by atoms with Crippen LogP contribution in [0.5, 0.6) is 0 Å². The molecular weight excluding hydrogens is 366 g/mol. The largest absolute Gasteiger partial charge is 0.445 e. The summed E-state index contributed by atoms with van der Waals surface area (Å²) in [5.74, 6) is 0. The van der Waals surface area contributed by atoms with E-state index in [1.807, 2.05) is 78.9 Å². The lowest BCUT2D eigenvalue weighted by atomic mass is 9.93. The molecule has 0 aromatic heterocycles. The lowest BCUT2D eigenvalue weighted by Crippen LogP contribution is -2.30. The van der Waals surface area contributed by atoms with E-state index in [0.717, 1.165) is 16.7 Å². The number of hydrogen-bond donors (Lipinski definition) is 3. The lowest BCUT2D eigenvalue weighted by Gasteiger charge is -2.21. The van der Waals surface area contributed by atoms with E-state index >= 15 is 0 Å². The van der Waals surface area contributed by atoms with E-state index in [0.29, 0.717) is 5.56 Å². The number of rotatable bonds is 8. The zero-order chi connectivity index (χ0) is 20.5. The molecule has 0 saturated carbocycles. The van der Waals surface area contributed by atoms with Crippen LogP contribution in [0.4, 0.5) is 4.79 Å². The minimum atomic E-state index is -1.06. The number of aliphatic hydroxyl groups excluding tert-OH is 2. The monoisotopic (exact) mass is 391 g/mol. The van der Waals surface area contributed by atoms with Gasteiger partial charge in [0.25, 0.3) is 0 Å². The summed E-state index contributed by atoms with van der Waals surface area (Å²) in [6.07, 6.45) is -2.44. The van der Waals surface area contributed by atoms with Crippen LogP contribution in [0, 0.1) is 0 Å². The maximum atomic E-state index is 11.8. The summed E-state index contributed by atoms with van der Waals surface area (Å²) in [5.41, 5.74) is 3.39. The van der Waals surface area contributed by atoms with Crippen LogP contribution in [0.15, 0.2) is 84.9 Å². The molecule has 5 nitrogen and oxygen atoms in total. The van der Waals surface area contributed by atoms with Crippen molar-refractivity contribution in [3.05, 3.63) is 96.1 Å². The minimum absolute atomic E-state index is 0.183. The fourth-order valence-corrected chi connectivity index (χ4v) is 3.10. The summed E-state index contributed by atoms with van der Waals surface area (Å²) in [7, 11) is 0. The highest BCUT2D eigenvalue weighted by atomic mass is 16.5. The van der Waals surface area contributed by atoms with Gasteiger partial charge in [-0.15, -0.1) is 0 Å². The van der Waals surface area contributed by atoms with Crippen molar-refractivity contribution in [1.29, 1.82) is 0 Å². The number of aliphatic hydroxyl groups is 2.